The fourth-order valence-electron chi connectivity index (χ4n) is 3.54. The van der Waals surface area contributed by atoms with Crippen molar-refractivity contribution in [3.05, 3.63) is 42.4 Å². The maximum atomic E-state index is 13.2. The van der Waals surface area contributed by atoms with E-state index in [4.69, 9.17) is 10.5 Å². The van der Waals surface area contributed by atoms with E-state index in [1.807, 2.05) is 0 Å². The fraction of sp³-hybridized carbons (Fsp3) is 0.450. The van der Waals surface area contributed by atoms with Gasteiger partial charge < -0.3 is 15.6 Å². The molecule has 1 aromatic carbocycles. The van der Waals surface area contributed by atoms with Crippen LogP contribution >= 0.6 is 12.4 Å². The molecule has 8 nitrogen and oxygen atoms in total. The van der Waals surface area contributed by atoms with Crippen molar-refractivity contribution in [2.45, 2.75) is 54.2 Å². The van der Waals surface area contributed by atoms with Crippen LogP contribution in [0.3, 0.4) is 0 Å². The molecule has 2 atom stereocenters. The van der Waals surface area contributed by atoms with Crippen molar-refractivity contribution >= 4 is 28.2 Å². The summed E-state index contributed by atoms with van der Waals surface area (Å²) < 4.78 is 66.1. The van der Waals surface area contributed by atoms with E-state index in [0.29, 0.717) is 17.0 Å². The maximum absolute atomic E-state index is 13.2. The number of aliphatic hydroxyl groups is 1. The number of primary amides is 1. The second kappa shape index (κ2) is 10.3. The molecule has 1 aromatic heterocycles. The Morgan fingerprint density at radius 1 is 1.21 bits per heavy atom. The third-order valence-electron chi connectivity index (χ3n) is 5.34. The van der Waals surface area contributed by atoms with Gasteiger partial charge in [0.25, 0.3) is 0 Å². The second-order valence-corrected chi connectivity index (χ2v) is 9.79. The monoisotopic (exact) mass is 509 g/mol. The van der Waals surface area contributed by atoms with Crippen molar-refractivity contribution < 1.29 is 36.2 Å². The summed E-state index contributed by atoms with van der Waals surface area (Å²) in [6.45, 7) is -0.133. The number of alkyl halides is 3. The van der Waals surface area contributed by atoms with E-state index in [9.17, 15) is 31.5 Å². The van der Waals surface area contributed by atoms with Gasteiger partial charge in [0.1, 0.15) is 0 Å². The molecule has 1 aliphatic rings. The summed E-state index contributed by atoms with van der Waals surface area (Å²) in [5.41, 5.74) is 6.76. The molecule has 13 heteroatoms. The van der Waals surface area contributed by atoms with Crippen molar-refractivity contribution in [2.24, 2.45) is 5.73 Å². The molecule has 0 radical (unpaired) electrons. The molecule has 2 heterocycles. The first-order valence-corrected chi connectivity index (χ1v) is 11.3. The summed E-state index contributed by atoms with van der Waals surface area (Å²) >= 11 is 0. The molecule has 33 heavy (non-hydrogen) atoms. The molecule has 0 bridgehead atoms. The van der Waals surface area contributed by atoms with Gasteiger partial charge in [-0.15, -0.1) is 12.4 Å². The van der Waals surface area contributed by atoms with Crippen LogP contribution in [0.5, 0.6) is 0 Å². The summed E-state index contributed by atoms with van der Waals surface area (Å²) in [4.78, 5) is 20.2. The van der Waals surface area contributed by atoms with Crippen molar-refractivity contribution in [1.29, 1.82) is 0 Å². The molecule has 1 fully saturated rings. The van der Waals surface area contributed by atoms with Crippen LogP contribution in [0.2, 0.25) is 0 Å². The molecule has 2 unspecified atom stereocenters. The zero-order valence-electron chi connectivity index (χ0n) is 17.3. The van der Waals surface area contributed by atoms with Crippen molar-refractivity contribution in [3.8, 4) is 11.3 Å². The lowest BCUT2D eigenvalue weighted by Crippen LogP contribution is -2.55. The van der Waals surface area contributed by atoms with E-state index < -0.39 is 45.8 Å². The lowest BCUT2D eigenvalue weighted by Gasteiger charge is -2.35. The first-order valence-electron chi connectivity index (χ1n) is 9.77. The Hall–Kier alpha value is -2.28. The summed E-state index contributed by atoms with van der Waals surface area (Å²) in [5.74, 6) is -1.06. The largest absolute Gasteiger partial charge is 0.389 e. The van der Waals surface area contributed by atoms with Crippen LogP contribution in [-0.4, -0.2) is 53.2 Å². The first-order chi connectivity index (χ1) is 14.9. The van der Waals surface area contributed by atoms with Crippen LogP contribution in [0.25, 0.3) is 11.3 Å². The van der Waals surface area contributed by atoms with Crippen LogP contribution < -0.4 is 5.73 Å². The Morgan fingerprint density at radius 3 is 2.39 bits per heavy atom. The van der Waals surface area contributed by atoms with Gasteiger partial charge in [0.05, 0.1) is 29.1 Å². The van der Waals surface area contributed by atoms with Crippen LogP contribution in [-0.2, 0) is 25.8 Å². The average molecular weight is 510 g/mol. The van der Waals surface area contributed by atoms with Gasteiger partial charge in [0, 0.05) is 24.6 Å². The van der Waals surface area contributed by atoms with E-state index >= 15 is 0 Å². The van der Waals surface area contributed by atoms with Gasteiger partial charge in [-0.2, -0.15) is 13.2 Å². The summed E-state index contributed by atoms with van der Waals surface area (Å²) in [7, 11) is -4.23. The van der Waals surface area contributed by atoms with Gasteiger partial charge in [-0.05, 0) is 31.4 Å². The van der Waals surface area contributed by atoms with Crippen molar-refractivity contribution in [1.82, 2.24) is 9.97 Å². The normalized spacial score (nSPS) is 21.3. The number of amides is 1. The zero-order valence-corrected chi connectivity index (χ0v) is 18.9. The number of benzene rings is 1. The maximum Gasteiger partial charge on any atom is 0.389 e. The molecule has 0 saturated carbocycles. The Labute approximate surface area is 194 Å². The summed E-state index contributed by atoms with van der Waals surface area (Å²) in [6, 6.07) is 5.56. The van der Waals surface area contributed by atoms with Gasteiger partial charge in [-0.1, -0.05) is 12.1 Å². The van der Waals surface area contributed by atoms with Crippen LogP contribution in [0.4, 0.5) is 13.2 Å². The molecular formula is C20H23ClF3N3O5S. The number of aromatic nitrogens is 2. The average Bonchev–Trinajstić information content (AvgIpc) is 2.73. The van der Waals surface area contributed by atoms with Gasteiger partial charge in [-0.25, -0.2) is 8.42 Å². The highest BCUT2D eigenvalue weighted by Gasteiger charge is 2.53. The third-order valence-corrected chi connectivity index (χ3v) is 7.84. The Morgan fingerprint density at radius 2 is 1.88 bits per heavy atom. The van der Waals surface area contributed by atoms with E-state index in [1.165, 1.54) is 36.7 Å². The molecule has 1 saturated heterocycles. The predicted molar refractivity (Wildman–Crippen MR) is 114 cm³/mol. The highest BCUT2D eigenvalue weighted by molar-refractivity contribution is 7.93. The Balaban J connectivity index is 0.00000385. The van der Waals surface area contributed by atoms with Gasteiger partial charge in [0.2, 0.25) is 5.91 Å². The van der Waals surface area contributed by atoms with Gasteiger partial charge >= 0.3 is 6.18 Å². The third kappa shape index (κ3) is 5.99. The lowest BCUT2D eigenvalue weighted by atomic mass is 9.97. The molecule has 3 N–H and O–H groups in total. The number of carbonyl (C=O) groups is 1. The number of carbonyl (C=O) groups excluding carboxylic acids is 1. The molecule has 1 amide bonds. The van der Waals surface area contributed by atoms with E-state index in [0.717, 1.165) is 0 Å². The number of aryl methyl sites for hydroxylation is 1. The van der Waals surface area contributed by atoms with Crippen molar-refractivity contribution in [2.75, 3.05) is 6.61 Å². The zero-order chi connectivity index (χ0) is 23.6. The molecule has 0 spiro atoms. The quantitative estimate of drug-likeness (QED) is 0.586. The minimum Gasteiger partial charge on any atom is -0.368 e. The molecule has 182 valence electrons. The highest BCUT2D eigenvalue weighted by atomic mass is 35.5. The summed E-state index contributed by atoms with van der Waals surface area (Å²) in [6.07, 6.45) is -4.37. The smallest absolute Gasteiger partial charge is 0.368 e. The van der Waals surface area contributed by atoms with E-state index in [-0.39, 0.29) is 43.2 Å². The van der Waals surface area contributed by atoms with Crippen LogP contribution in [0.15, 0.2) is 41.6 Å². The number of nitrogens with zero attached hydrogens (tertiary/aromatic N) is 2. The second-order valence-electron chi connectivity index (χ2n) is 7.53. The predicted octanol–water partition coefficient (Wildman–Crippen LogP) is 2.58. The molecule has 0 aliphatic carbocycles. The first kappa shape index (κ1) is 27.0. The minimum atomic E-state index is -4.23. The van der Waals surface area contributed by atoms with Gasteiger partial charge in [-0.3, -0.25) is 14.8 Å². The topological polar surface area (TPSA) is 132 Å². The Kier molecular flexibility index (Phi) is 8.44. The molecule has 3 rings (SSSR count). The van der Waals surface area contributed by atoms with Gasteiger partial charge in [0.15, 0.2) is 20.9 Å². The molecular weight excluding hydrogens is 487 g/mol. The number of rotatable bonds is 7. The number of halogens is 4. The molecule has 2 aromatic rings. The fourth-order valence-corrected chi connectivity index (χ4v) is 5.46. The number of nitrogens with two attached hydrogens (primary N) is 1. The molecule has 1 aliphatic heterocycles. The van der Waals surface area contributed by atoms with Crippen LogP contribution in [0, 0.1) is 0 Å². The highest BCUT2D eigenvalue weighted by Crippen LogP contribution is 2.37. The number of sulfone groups is 1. The standard InChI is InChI=1S/C20H22F3N3O5S.ClH/c21-20(22,23)7-1-2-14-11-26-16(12-25-14)13-3-5-15(6-4-13)32(29,30)19(18(24)28)8-9-31-17(27)10-19;/h3-6,11-12,17,27H,1-2,7-10H2,(H2,24,28);1H. The van der Waals surface area contributed by atoms with Crippen molar-refractivity contribution in [3.63, 3.8) is 0 Å². The SMILES string of the molecule is Cl.NC(=O)C1(S(=O)(=O)c2ccc(-c3cnc(CCCC(F)(F)F)cn3)cc2)CCOC(O)C1. The minimum absolute atomic E-state index is 0. The summed E-state index contributed by atoms with van der Waals surface area (Å²) in [5, 5.41) is 9.75. The van der Waals surface area contributed by atoms with E-state index in [2.05, 4.69) is 9.97 Å². The number of hydrogen-bond donors (Lipinski definition) is 2. The number of aliphatic hydroxyl groups excluding tert-OH is 1. The van der Waals surface area contributed by atoms with Crippen LogP contribution in [0.1, 0.15) is 31.4 Å². The lowest BCUT2D eigenvalue weighted by molar-refractivity contribution is -0.147. The Bertz CT molecular complexity index is 1070. The van der Waals surface area contributed by atoms with E-state index in [1.54, 1.807) is 0 Å². The number of ether oxygens (including phenoxy) is 1. The number of hydrogen-bond acceptors (Lipinski definition) is 7.